The molecule has 0 bridgehead atoms. The summed E-state index contributed by atoms with van der Waals surface area (Å²) < 4.78 is 0. The molecule has 0 saturated carbocycles. The van der Waals surface area contributed by atoms with E-state index in [0.717, 1.165) is 17.2 Å². The van der Waals surface area contributed by atoms with Crippen molar-refractivity contribution in [3.63, 3.8) is 0 Å². The molecule has 0 amide bonds. The third-order valence-corrected chi connectivity index (χ3v) is 8.07. The summed E-state index contributed by atoms with van der Waals surface area (Å²) in [5.74, 6) is 0. The Kier molecular flexibility index (Phi) is 9.87. The molecule has 170 valence electrons. The molecule has 0 heterocycles. The van der Waals surface area contributed by atoms with Gasteiger partial charge in [-0.3, -0.25) is 0 Å². The van der Waals surface area contributed by atoms with E-state index in [1.54, 1.807) is 0 Å². The van der Waals surface area contributed by atoms with E-state index in [1.165, 1.54) is 61.9 Å². The molecule has 4 rings (SSSR count). The molecule has 4 aromatic carbocycles. The molecule has 33 heavy (non-hydrogen) atoms. The predicted molar refractivity (Wildman–Crippen MR) is 154 cm³/mol. The number of rotatable bonds is 6. The van der Waals surface area contributed by atoms with Crippen LogP contribution in [-0.4, -0.2) is 0 Å². The largest absolute Gasteiger partial charge is 0.0651 e. The van der Waals surface area contributed by atoms with Gasteiger partial charge in [-0.15, -0.1) is 0 Å². The second kappa shape index (κ2) is 12.8. The lowest BCUT2D eigenvalue weighted by Crippen LogP contribution is -2.05. The van der Waals surface area contributed by atoms with Gasteiger partial charge in [-0.1, -0.05) is 138 Å². The molecule has 0 aliphatic carbocycles. The number of benzene rings is 4. The topological polar surface area (TPSA) is 0 Å². The first kappa shape index (κ1) is 25.4. The van der Waals surface area contributed by atoms with E-state index in [4.69, 9.17) is 0 Å². The van der Waals surface area contributed by atoms with Crippen LogP contribution in [0.15, 0.2) is 91.0 Å². The molecule has 0 nitrogen and oxygen atoms in total. The van der Waals surface area contributed by atoms with Gasteiger partial charge in [0.05, 0.1) is 0 Å². The van der Waals surface area contributed by atoms with Gasteiger partial charge in [-0.25, -0.2) is 0 Å². The lowest BCUT2D eigenvalue weighted by molar-refractivity contribution is 0.914. The van der Waals surface area contributed by atoms with Gasteiger partial charge < -0.3 is 0 Å². The molecule has 0 N–H and O–H groups in total. The highest BCUT2D eigenvalue weighted by Gasteiger charge is 2.01. The molecule has 4 aromatic rings. The third-order valence-electron chi connectivity index (χ3n) is 5.60. The average molecular weight is 471 g/mol. The summed E-state index contributed by atoms with van der Waals surface area (Å²) >= 11 is 0. The second-order valence-electron chi connectivity index (χ2n) is 8.74. The van der Waals surface area contributed by atoms with Crippen molar-refractivity contribution in [1.82, 2.24) is 0 Å². The number of aryl methyl sites for hydroxylation is 5. The van der Waals surface area contributed by atoms with E-state index < -0.39 is 0 Å². The molecule has 0 aromatic heterocycles. The fourth-order valence-corrected chi connectivity index (χ4v) is 5.61. The minimum absolute atomic E-state index is 0.769. The summed E-state index contributed by atoms with van der Waals surface area (Å²) in [5, 5.41) is 5.69. The zero-order valence-corrected chi connectivity index (χ0v) is 22.6. The number of hydrogen-bond acceptors (Lipinski definition) is 0. The van der Waals surface area contributed by atoms with Gasteiger partial charge in [0.15, 0.2) is 0 Å². The third kappa shape index (κ3) is 8.55. The minimum atomic E-state index is 0.769. The Hall–Kier alpha value is -2.26. The normalized spacial score (nSPS) is 10.8. The van der Waals surface area contributed by atoms with Crippen LogP contribution in [0.5, 0.6) is 0 Å². The quantitative estimate of drug-likeness (QED) is 0.271. The zero-order chi connectivity index (χ0) is 23.6. The molecule has 0 spiro atoms. The Bertz CT molecular complexity index is 1080. The van der Waals surface area contributed by atoms with Gasteiger partial charge in [0.2, 0.25) is 0 Å². The van der Waals surface area contributed by atoms with Crippen molar-refractivity contribution in [1.29, 1.82) is 0 Å². The Labute approximate surface area is 204 Å². The lowest BCUT2D eigenvalue weighted by atomic mass is 10.0. The van der Waals surface area contributed by atoms with Crippen molar-refractivity contribution in [3.05, 3.63) is 119 Å². The fourth-order valence-electron chi connectivity index (χ4n) is 3.53. The van der Waals surface area contributed by atoms with Gasteiger partial charge in [-0.2, -0.15) is 0 Å². The van der Waals surface area contributed by atoms with E-state index in [9.17, 15) is 0 Å². The molecule has 2 heteroatoms. The SMILES string of the molecule is CCCc1cc(Pc2ccc(C)cc2)ccc1C.Cc1ccc(Pc2ccc(C)cc2)cc1. The van der Waals surface area contributed by atoms with Crippen molar-refractivity contribution in [3.8, 4) is 0 Å². The van der Waals surface area contributed by atoms with E-state index in [1.807, 2.05) is 0 Å². The minimum Gasteiger partial charge on any atom is -0.0651 e. The van der Waals surface area contributed by atoms with Crippen LogP contribution >= 0.6 is 17.2 Å². The van der Waals surface area contributed by atoms with Crippen molar-refractivity contribution < 1.29 is 0 Å². The maximum absolute atomic E-state index is 2.39. The fraction of sp³-hybridized carbons (Fsp3) is 0.226. The van der Waals surface area contributed by atoms with E-state index in [-0.39, 0.29) is 0 Å². The second-order valence-corrected chi connectivity index (χ2v) is 11.5. The monoisotopic (exact) mass is 470 g/mol. The maximum atomic E-state index is 2.39. The van der Waals surface area contributed by atoms with Crippen LogP contribution in [0.4, 0.5) is 0 Å². The molecule has 0 saturated heterocycles. The van der Waals surface area contributed by atoms with Crippen LogP contribution in [0, 0.1) is 27.7 Å². The van der Waals surface area contributed by atoms with Crippen molar-refractivity contribution in [2.75, 3.05) is 0 Å². The maximum Gasteiger partial charge on any atom is -0.0223 e. The Balaban J connectivity index is 0.000000189. The van der Waals surface area contributed by atoms with Gasteiger partial charge >= 0.3 is 0 Å². The number of hydrogen-bond donors (Lipinski definition) is 0. The van der Waals surface area contributed by atoms with Crippen LogP contribution in [0.25, 0.3) is 0 Å². The Morgan fingerprint density at radius 1 is 0.485 bits per heavy atom. The van der Waals surface area contributed by atoms with E-state index in [2.05, 4.69) is 126 Å². The van der Waals surface area contributed by atoms with Crippen LogP contribution in [0.1, 0.15) is 41.2 Å². The van der Waals surface area contributed by atoms with Crippen LogP contribution in [0.2, 0.25) is 0 Å². The van der Waals surface area contributed by atoms with Gasteiger partial charge in [-0.05, 0) is 66.5 Å². The van der Waals surface area contributed by atoms with E-state index >= 15 is 0 Å². The van der Waals surface area contributed by atoms with Gasteiger partial charge in [0, 0.05) is 0 Å². The summed E-state index contributed by atoms with van der Waals surface area (Å²) in [5.41, 5.74) is 6.92. The molecular formula is C31H36P2. The molecule has 1 unspecified atom stereocenters. The first-order valence-corrected chi connectivity index (χ1v) is 13.8. The molecular weight excluding hydrogens is 434 g/mol. The lowest BCUT2D eigenvalue weighted by Gasteiger charge is -2.08. The Morgan fingerprint density at radius 2 is 0.848 bits per heavy atom. The van der Waals surface area contributed by atoms with Gasteiger partial charge in [0.1, 0.15) is 0 Å². The smallest absolute Gasteiger partial charge is 0.0223 e. The van der Waals surface area contributed by atoms with Crippen molar-refractivity contribution >= 4 is 38.4 Å². The highest BCUT2D eigenvalue weighted by molar-refractivity contribution is 7.55. The van der Waals surface area contributed by atoms with E-state index in [0.29, 0.717) is 0 Å². The Morgan fingerprint density at radius 3 is 1.24 bits per heavy atom. The molecule has 0 aliphatic heterocycles. The van der Waals surface area contributed by atoms with Crippen LogP contribution in [0.3, 0.4) is 0 Å². The van der Waals surface area contributed by atoms with Crippen LogP contribution in [-0.2, 0) is 6.42 Å². The average Bonchev–Trinajstić information content (AvgIpc) is 2.81. The molecule has 1 atom stereocenters. The highest BCUT2D eigenvalue weighted by atomic mass is 31.1. The zero-order valence-electron chi connectivity index (χ0n) is 20.6. The predicted octanol–water partition coefficient (Wildman–Crippen LogP) is 6.82. The first-order chi connectivity index (χ1) is 15.9. The van der Waals surface area contributed by atoms with Crippen molar-refractivity contribution in [2.45, 2.75) is 47.5 Å². The summed E-state index contributed by atoms with van der Waals surface area (Å²) in [7, 11) is 1.54. The molecule has 0 fully saturated rings. The summed E-state index contributed by atoms with van der Waals surface area (Å²) in [4.78, 5) is 0. The summed E-state index contributed by atoms with van der Waals surface area (Å²) in [6, 6.07) is 33.4. The van der Waals surface area contributed by atoms with Crippen molar-refractivity contribution in [2.24, 2.45) is 0 Å². The summed E-state index contributed by atoms with van der Waals surface area (Å²) in [6.45, 7) is 10.8. The summed E-state index contributed by atoms with van der Waals surface area (Å²) in [6.07, 6.45) is 2.41. The van der Waals surface area contributed by atoms with Gasteiger partial charge in [0.25, 0.3) is 0 Å². The van der Waals surface area contributed by atoms with Crippen LogP contribution < -0.4 is 21.2 Å². The highest BCUT2D eigenvalue weighted by Crippen LogP contribution is 2.16. The first-order valence-electron chi connectivity index (χ1n) is 11.8. The standard InChI is InChI=1S/C17H21P.C14H15P/c1-4-5-15-12-17(11-8-14(15)3)18-16-9-6-13(2)7-10-16;1-11-3-7-13(8-4-11)15-14-9-5-12(2)6-10-14/h6-12,18H,4-5H2,1-3H3;3-10,15H,1-2H3. The molecule has 0 aliphatic rings. The molecule has 0 radical (unpaired) electrons.